The monoisotopic (exact) mass is 375 g/mol. The van der Waals surface area contributed by atoms with Gasteiger partial charge in [-0.3, -0.25) is 0 Å². The van der Waals surface area contributed by atoms with Gasteiger partial charge in [0, 0.05) is 14.8 Å². The molecule has 0 bridgehead atoms. The molecule has 0 aliphatic carbocycles. The molecule has 18 heavy (non-hydrogen) atoms. The van der Waals surface area contributed by atoms with Crippen molar-refractivity contribution in [2.75, 3.05) is 0 Å². The summed E-state index contributed by atoms with van der Waals surface area (Å²) in [5.41, 5.74) is 1.32. The van der Waals surface area contributed by atoms with E-state index in [1.807, 2.05) is 37.4 Å². The predicted molar refractivity (Wildman–Crippen MR) is 79.4 cm³/mol. The number of carboxylic acids is 1. The fourth-order valence-corrected chi connectivity index (χ4v) is 2.56. The number of hydrogen-bond donors (Lipinski definition) is 1. The van der Waals surface area contributed by atoms with E-state index in [1.165, 1.54) is 0 Å². The number of benzene rings is 1. The van der Waals surface area contributed by atoms with Crippen molar-refractivity contribution in [2.45, 2.75) is 13.0 Å². The summed E-state index contributed by atoms with van der Waals surface area (Å²) in [5, 5.41) is 9.85. The lowest BCUT2D eigenvalue weighted by atomic mass is 10.1. The number of aromatic nitrogens is 1. The van der Waals surface area contributed by atoms with Crippen LogP contribution in [0.5, 0.6) is 0 Å². The Kier molecular flexibility index (Phi) is 3.97. The van der Waals surface area contributed by atoms with Crippen LogP contribution in [0, 0.1) is 3.57 Å². The zero-order valence-electron chi connectivity index (χ0n) is 9.60. The van der Waals surface area contributed by atoms with E-state index < -0.39 is 5.97 Å². The van der Waals surface area contributed by atoms with Crippen LogP contribution in [-0.2, 0) is 0 Å². The zero-order valence-corrected chi connectivity index (χ0v) is 12.5. The van der Waals surface area contributed by atoms with Crippen LogP contribution in [0.1, 0.15) is 29.0 Å². The third-order valence-electron chi connectivity index (χ3n) is 2.80. The van der Waals surface area contributed by atoms with Gasteiger partial charge in [-0.1, -0.05) is 23.7 Å². The first-order valence-corrected chi connectivity index (χ1v) is 6.81. The van der Waals surface area contributed by atoms with Gasteiger partial charge < -0.3 is 9.67 Å². The van der Waals surface area contributed by atoms with Gasteiger partial charge in [-0.15, -0.1) is 0 Å². The third kappa shape index (κ3) is 2.70. The van der Waals surface area contributed by atoms with Crippen molar-refractivity contribution in [1.82, 2.24) is 4.57 Å². The Bertz CT molecular complexity index is 577. The molecule has 0 aliphatic rings. The molecule has 2 rings (SSSR count). The Morgan fingerprint density at radius 3 is 2.56 bits per heavy atom. The highest BCUT2D eigenvalue weighted by molar-refractivity contribution is 14.1. The van der Waals surface area contributed by atoms with E-state index in [2.05, 4.69) is 22.6 Å². The smallest absolute Gasteiger partial charge is 0.352 e. The SMILES string of the molecule is CC(c1ccc(Cl)cc1)n1cc(I)cc1C(=O)O. The van der Waals surface area contributed by atoms with Gasteiger partial charge >= 0.3 is 5.97 Å². The van der Waals surface area contributed by atoms with E-state index in [4.69, 9.17) is 11.6 Å². The molecule has 1 N–H and O–H groups in total. The number of halogens is 2. The van der Waals surface area contributed by atoms with E-state index in [-0.39, 0.29) is 6.04 Å². The lowest BCUT2D eigenvalue weighted by molar-refractivity contribution is 0.0684. The second-order valence-electron chi connectivity index (χ2n) is 3.98. The van der Waals surface area contributed by atoms with Crippen LogP contribution in [0.15, 0.2) is 36.5 Å². The fourth-order valence-electron chi connectivity index (χ4n) is 1.84. The number of carboxylic acid groups (broad SMARTS) is 1. The van der Waals surface area contributed by atoms with Crippen LogP contribution in [0.25, 0.3) is 0 Å². The Morgan fingerprint density at radius 1 is 1.39 bits per heavy atom. The Labute approximate surface area is 124 Å². The van der Waals surface area contributed by atoms with E-state index in [9.17, 15) is 9.90 Å². The van der Waals surface area contributed by atoms with Crippen molar-refractivity contribution in [1.29, 1.82) is 0 Å². The van der Waals surface area contributed by atoms with Gasteiger partial charge in [0.15, 0.2) is 0 Å². The lowest BCUT2D eigenvalue weighted by Gasteiger charge is -2.16. The van der Waals surface area contributed by atoms with Gasteiger partial charge in [0.25, 0.3) is 0 Å². The van der Waals surface area contributed by atoms with Crippen molar-refractivity contribution in [3.05, 3.63) is 56.4 Å². The minimum Gasteiger partial charge on any atom is -0.477 e. The molecular weight excluding hydrogens is 365 g/mol. The van der Waals surface area contributed by atoms with Crippen LogP contribution < -0.4 is 0 Å². The number of aromatic carboxylic acids is 1. The van der Waals surface area contributed by atoms with Crippen molar-refractivity contribution in [3.8, 4) is 0 Å². The van der Waals surface area contributed by atoms with E-state index in [0.717, 1.165) is 9.13 Å². The molecule has 94 valence electrons. The maximum absolute atomic E-state index is 11.2. The van der Waals surface area contributed by atoms with Gasteiger partial charge in [-0.2, -0.15) is 0 Å². The summed E-state index contributed by atoms with van der Waals surface area (Å²) in [6.07, 6.45) is 1.84. The summed E-state index contributed by atoms with van der Waals surface area (Å²) in [4.78, 5) is 11.2. The molecule has 0 spiro atoms. The number of nitrogens with zero attached hydrogens (tertiary/aromatic N) is 1. The minimum absolute atomic E-state index is 0.0446. The first-order valence-electron chi connectivity index (χ1n) is 5.35. The summed E-state index contributed by atoms with van der Waals surface area (Å²) < 4.78 is 2.67. The van der Waals surface area contributed by atoms with Gasteiger partial charge in [0.1, 0.15) is 5.69 Å². The molecule has 0 radical (unpaired) electrons. The largest absolute Gasteiger partial charge is 0.477 e. The maximum atomic E-state index is 11.2. The van der Waals surface area contributed by atoms with Crippen molar-refractivity contribution in [2.24, 2.45) is 0 Å². The number of carbonyl (C=O) groups is 1. The Balaban J connectivity index is 2.42. The summed E-state index contributed by atoms with van der Waals surface area (Å²) in [6.45, 7) is 1.96. The van der Waals surface area contributed by atoms with Crippen molar-refractivity contribution >= 4 is 40.2 Å². The topological polar surface area (TPSA) is 42.2 Å². The molecule has 1 aromatic carbocycles. The van der Waals surface area contributed by atoms with E-state index in [1.54, 1.807) is 10.6 Å². The predicted octanol–water partition coefficient (Wildman–Crippen LogP) is 4.05. The second-order valence-corrected chi connectivity index (χ2v) is 5.67. The normalized spacial score (nSPS) is 12.4. The molecule has 0 amide bonds. The minimum atomic E-state index is -0.918. The second kappa shape index (κ2) is 5.32. The quantitative estimate of drug-likeness (QED) is 0.822. The maximum Gasteiger partial charge on any atom is 0.352 e. The fraction of sp³-hybridized carbons (Fsp3) is 0.154. The molecule has 0 saturated carbocycles. The van der Waals surface area contributed by atoms with Gasteiger partial charge in [0.05, 0.1) is 6.04 Å². The summed E-state index contributed by atoms with van der Waals surface area (Å²) in [7, 11) is 0. The highest BCUT2D eigenvalue weighted by Crippen LogP contribution is 2.24. The number of rotatable bonds is 3. The van der Waals surface area contributed by atoms with E-state index >= 15 is 0 Å². The highest BCUT2D eigenvalue weighted by atomic mass is 127. The van der Waals surface area contributed by atoms with Crippen molar-refractivity contribution in [3.63, 3.8) is 0 Å². The average Bonchev–Trinajstić information content (AvgIpc) is 2.71. The van der Waals surface area contributed by atoms with Crippen LogP contribution in [0.4, 0.5) is 0 Å². The molecule has 2 aromatic rings. The molecule has 5 heteroatoms. The van der Waals surface area contributed by atoms with Crippen LogP contribution >= 0.6 is 34.2 Å². The molecule has 1 unspecified atom stereocenters. The average molecular weight is 376 g/mol. The van der Waals surface area contributed by atoms with Gasteiger partial charge in [0.2, 0.25) is 0 Å². The Morgan fingerprint density at radius 2 is 2.00 bits per heavy atom. The van der Waals surface area contributed by atoms with Gasteiger partial charge in [-0.25, -0.2) is 4.79 Å². The molecule has 0 saturated heterocycles. The van der Waals surface area contributed by atoms with Crippen LogP contribution in [-0.4, -0.2) is 15.6 Å². The molecule has 1 heterocycles. The summed E-state index contributed by atoms with van der Waals surface area (Å²) >= 11 is 7.96. The number of hydrogen-bond acceptors (Lipinski definition) is 1. The lowest BCUT2D eigenvalue weighted by Crippen LogP contribution is -2.12. The first-order chi connectivity index (χ1) is 8.49. The molecular formula is C13H11ClINO2. The Hall–Kier alpha value is -1.01. The first kappa shape index (κ1) is 13.4. The highest BCUT2D eigenvalue weighted by Gasteiger charge is 2.17. The third-order valence-corrected chi connectivity index (χ3v) is 3.65. The molecule has 0 fully saturated rings. The van der Waals surface area contributed by atoms with Crippen LogP contribution in [0.3, 0.4) is 0 Å². The zero-order chi connectivity index (χ0) is 13.3. The molecule has 1 atom stereocenters. The molecule has 1 aromatic heterocycles. The summed E-state index contributed by atoms with van der Waals surface area (Å²) in [5.74, 6) is -0.918. The summed E-state index contributed by atoms with van der Waals surface area (Å²) in [6, 6.07) is 9.05. The van der Waals surface area contributed by atoms with Crippen molar-refractivity contribution < 1.29 is 9.90 Å². The van der Waals surface area contributed by atoms with E-state index in [0.29, 0.717) is 10.7 Å². The molecule has 3 nitrogen and oxygen atoms in total. The molecule has 0 aliphatic heterocycles. The van der Waals surface area contributed by atoms with Crippen LogP contribution in [0.2, 0.25) is 5.02 Å². The standard InChI is InChI=1S/C13H11ClINO2/c1-8(9-2-4-10(14)5-3-9)16-7-11(15)6-12(16)13(17)18/h2-8H,1H3,(H,17,18). The van der Waals surface area contributed by atoms with Gasteiger partial charge in [-0.05, 0) is 53.3 Å².